The molecule has 0 fully saturated rings. The number of hydrogen-bond acceptors (Lipinski definition) is 7. The first-order chi connectivity index (χ1) is 10.3. The summed E-state index contributed by atoms with van der Waals surface area (Å²) in [5.74, 6) is -0.291. The summed E-state index contributed by atoms with van der Waals surface area (Å²) in [4.78, 5) is 11.1. The minimum atomic E-state index is -0.291. The number of hydrogen-bond donors (Lipinski definition) is 1. The first kappa shape index (κ1) is 20.0. The number of carbonyl (C=O) groups excluding carboxylic acids is 1. The lowest BCUT2D eigenvalue weighted by atomic mass is 10.5. The van der Waals surface area contributed by atoms with Crippen molar-refractivity contribution in [3.63, 3.8) is 0 Å². The second-order valence-corrected chi connectivity index (χ2v) is 3.96. The molecule has 0 saturated heterocycles. The Morgan fingerprint density at radius 1 is 0.857 bits per heavy atom. The van der Waals surface area contributed by atoms with Crippen molar-refractivity contribution >= 4 is 5.97 Å². The number of nitrogens with two attached hydrogens (primary N) is 1. The molecule has 0 aliphatic heterocycles. The molecule has 0 atom stereocenters. The molecule has 0 heterocycles. The lowest BCUT2D eigenvalue weighted by Crippen LogP contribution is -2.15. The fraction of sp³-hybridized carbons (Fsp3) is 0.786. The molecule has 0 aromatic heterocycles. The summed E-state index contributed by atoms with van der Waals surface area (Å²) in [7, 11) is 0. The van der Waals surface area contributed by atoms with Gasteiger partial charge in [-0.25, -0.2) is 0 Å². The van der Waals surface area contributed by atoms with E-state index in [2.05, 4.69) is 6.58 Å². The Hall–Kier alpha value is -0.990. The van der Waals surface area contributed by atoms with E-state index in [1.807, 2.05) is 0 Å². The van der Waals surface area contributed by atoms with Gasteiger partial charge < -0.3 is 29.4 Å². The van der Waals surface area contributed by atoms with Crippen LogP contribution in [0, 0.1) is 0 Å². The minimum Gasteiger partial charge on any atom is -0.461 e. The van der Waals surface area contributed by atoms with Crippen LogP contribution in [-0.4, -0.2) is 72.0 Å². The van der Waals surface area contributed by atoms with Gasteiger partial charge in [-0.3, -0.25) is 4.79 Å². The van der Waals surface area contributed by atoms with Crippen LogP contribution in [0.5, 0.6) is 0 Å². The van der Waals surface area contributed by atoms with Crippen LogP contribution >= 0.6 is 0 Å². The quantitative estimate of drug-likeness (QED) is 0.246. The molecule has 124 valence electrons. The zero-order valence-corrected chi connectivity index (χ0v) is 12.6. The lowest BCUT2D eigenvalue weighted by Gasteiger charge is -2.07. The van der Waals surface area contributed by atoms with Crippen LogP contribution in [0.3, 0.4) is 0 Å². The highest BCUT2D eigenvalue weighted by atomic mass is 16.6. The topological polar surface area (TPSA) is 89.2 Å². The van der Waals surface area contributed by atoms with Crippen molar-refractivity contribution in [1.82, 2.24) is 0 Å². The highest BCUT2D eigenvalue weighted by Crippen LogP contribution is 1.89. The predicted molar refractivity (Wildman–Crippen MR) is 78.1 cm³/mol. The molecule has 0 rings (SSSR count). The van der Waals surface area contributed by atoms with E-state index >= 15 is 0 Å². The van der Waals surface area contributed by atoms with Crippen molar-refractivity contribution in [3.8, 4) is 0 Å². The Morgan fingerprint density at radius 2 is 1.33 bits per heavy atom. The Labute approximate surface area is 126 Å². The largest absolute Gasteiger partial charge is 0.461 e. The Bertz CT molecular complexity index is 250. The molecular weight excluding hydrogens is 278 g/mol. The summed E-state index contributed by atoms with van der Waals surface area (Å²) in [5.41, 5.74) is 5.27. The van der Waals surface area contributed by atoms with E-state index in [4.69, 9.17) is 29.4 Å². The summed E-state index contributed by atoms with van der Waals surface area (Å²) in [6, 6.07) is 0. The molecule has 0 aliphatic carbocycles. The smallest absolute Gasteiger partial charge is 0.308 e. The van der Waals surface area contributed by atoms with Gasteiger partial charge in [-0.05, 0) is 0 Å². The zero-order valence-electron chi connectivity index (χ0n) is 12.6. The van der Waals surface area contributed by atoms with E-state index in [0.717, 1.165) is 0 Å². The maximum Gasteiger partial charge on any atom is 0.308 e. The molecule has 0 radical (unpaired) electrons. The standard InChI is InChI=1S/C14H27NO6/c1-2-5-21-14(16)3-6-17-8-10-19-12-13-20-11-9-18-7-4-15/h2H,1,3-13,15H2. The monoisotopic (exact) mass is 305 g/mol. The van der Waals surface area contributed by atoms with Gasteiger partial charge in [-0.15, -0.1) is 0 Å². The average molecular weight is 305 g/mol. The third kappa shape index (κ3) is 17.0. The van der Waals surface area contributed by atoms with Gasteiger partial charge in [0.25, 0.3) is 0 Å². The van der Waals surface area contributed by atoms with Gasteiger partial charge in [0.15, 0.2) is 0 Å². The molecule has 0 saturated carbocycles. The van der Waals surface area contributed by atoms with E-state index in [-0.39, 0.29) is 19.0 Å². The number of rotatable bonds is 16. The van der Waals surface area contributed by atoms with Crippen molar-refractivity contribution in [2.24, 2.45) is 5.73 Å². The van der Waals surface area contributed by atoms with E-state index in [0.29, 0.717) is 59.4 Å². The molecule has 0 aromatic rings. The van der Waals surface area contributed by atoms with Crippen LogP contribution < -0.4 is 5.73 Å². The first-order valence-corrected chi connectivity index (χ1v) is 7.08. The van der Waals surface area contributed by atoms with Crippen molar-refractivity contribution in [3.05, 3.63) is 12.7 Å². The van der Waals surface area contributed by atoms with Crippen LogP contribution in [0.25, 0.3) is 0 Å². The van der Waals surface area contributed by atoms with E-state index < -0.39 is 0 Å². The molecule has 2 N–H and O–H groups in total. The van der Waals surface area contributed by atoms with E-state index in [1.165, 1.54) is 6.08 Å². The Kier molecular flexibility index (Phi) is 16.3. The van der Waals surface area contributed by atoms with Crippen molar-refractivity contribution in [1.29, 1.82) is 0 Å². The molecule has 0 bridgehead atoms. The van der Waals surface area contributed by atoms with Crippen LogP contribution in [-0.2, 0) is 28.5 Å². The maximum atomic E-state index is 11.1. The number of carbonyl (C=O) groups is 1. The van der Waals surface area contributed by atoms with Gasteiger partial charge in [0.2, 0.25) is 0 Å². The highest BCUT2D eigenvalue weighted by molar-refractivity contribution is 5.69. The molecule has 0 aliphatic rings. The highest BCUT2D eigenvalue weighted by Gasteiger charge is 2.00. The van der Waals surface area contributed by atoms with Crippen LogP contribution in [0.2, 0.25) is 0 Å². The lowest BCUT2D eigenvalue weighted by molar-refractivity contribution is -0.143. The predicted octanol–water partition coefficient (Wildman–Crippen LogP) is 0.131. The molecule has 0 spiro atoms. The van der Waals surface area contributed by atoms with Gasteiger partial charge in [0.1, 0.15) is 6.61 Å². The molecule has 0 amide bonds. The van der Waals surface area contributed by atoms with Gasteiger partial charge in [-0.2, -0.15) is 0 Å². The molecule has 7 nitrogen and oxygen atoms in total. The van der Waals surface area contributed by atoms with Crippen molar-refractivity contribution in [2.45, 2.75) is 6.42 Å². The number of ether oxygens (including phenoxy) is 5. The molecule has 0 aromatic carbocycles. The average Bonchev–Trinajstić information content (AvgIpc) is 2.49. The summed E-state index contributed by atoms with van der Waals surface area (Å²) >= 11 is 0. The Morgan fingerprint density at radius 3 is 1.81 bits per heavy atom. The minimum absolute atomic E-state index is 0.235. The summed E-state index contributed by atoms with van der Waals surface area (Å²) < 4.78 is 25.7. The van der Waals surface area contributed by atoms with Crippen LogP contribution in [0.1, 0.15) is 6.42 Å². The molecular formula is C14H27NO6. The normalized spacial score (nSPS) is 10.5. The number of esters is 1. The van der Waals surface area contributed by atoms with Gasteiger partial charge in [0.05, 0.1) is 59.3 Å². The SMILES string of the molecule is C=CCOC(=O)CCOCCOCCOCCOCCN. The van der Waals surface area contributed by atoms with E-state index in [9.17, 15) is 4.79 Å². The third-order valence-corrected chi connectivity index (χ3v) is 2.19. The Balaban J connectivity index is 3.05. The van der Waals surface area contributed by atoms with Crippen LogP contribution in [0.15, 0.2) is 12.7 Å². The van der Waals surface area contributed by atoms with Crippen molar-refractivity contribution in [2.75, 3.05) is 66.0 Å². The summed E-state index contributed by atoms with van der Waals surface area (Å²) in [5, 5.41) is 0. The first-order valence-electron chi connectivity index (χ1n) is 7.08. The molecule has 7 heteroatoms. The summed E-state index contributed by atoms with van der Waals surface area (Å²) in [6.45, 7) is 8.09. The van der Waals surface area contributed by atoms with Crippen LogP contribution in [0.4, 0.5) is 0 Å². The maximum absolute atomic E-state index is 11.1. The second-order valence-electron chi connectivity index (χ2n) is 3.96. The van der Waals surface area contributed by atoms with Crippen molar-refractivity contribution < 1.29 is 28.5 Å². The molecule has 21 heavy (non-hydrogen) atoms. The summed E-state index contributed by atoms with van der Waals surface area (Å²) in [6.07, 6.45) is 1.76. The van der Waals surface area contributed by atoms with Gasteiger partial charge in [-0.1, -0.05) is 12.7 Å². The molecule has 0 unspecified atom stereocenters. The fourth-order valence-corrected chi connectivity index (χ4v) is 1.22. The zero-order chi connectivity index (χ0) is 15.6. The van der Waals surface area contributed by atoms with Gasteiger partial charge in [0, 0.05) is 6.54 Å². The third-order valence-electron chi connectivity index (χ3n) is 2.19. The fourth-order valence-electron chi connectivity index (χ4n) is 1.22. The van der Waals surface area contributed by atoms with E-state index in [1.54, 1.807) is 0 Å². The van der Waals surface area contributed by atoms with Gasteiger partial charge >= 0.3 is 5.97 Å². The second kappa shape index (κ2) is 17.1.